The van der Waals surface area contributed by atoms with Gasteiger partial charge in [0, 0.05) is 37.1 Å². The smallest absolute Gasteiger partial charge is 0.241 e. The number of rotatable bonds is 9. The van der Waals surface area contributed by atoms with Crippen LogP contribution in [0.15, 0.2) is 41.5 Å². The molecule has 2 aromatic rings. The molecule has 0 bridgehead atoms. The first-order valence-electron chi connectivity index (χ1n) is 8.91. The second-order valence-electron chi connectivity index (χ2n) is 5.82. The van der Waals surface area contributed by atoms with Crippen molar-refractivity contribution in [3.8, 4) is 0 Å². The van der Waals surface area contributed by atoms with Crippen LogP contribution in [0.5, 0.6) is 0 Å². The number of hydrogen-bond donors (Lipinski definition) is 3. The summed E-state index contributed by atoms with van der Waals surface area (Å²) >= 11 is 1.70. The van der Waals surface area contributed by atoms with Crippen molar-refractivity contribution in [1.82, 2.24) is 20.9 Å². The van der Waals surface area contributed by atoms with Crippen LogP contribution < -0.4 is 16.0 Å². The maximum atomic E-state index is 12.0. The second-order valence-corrected chi connectivity index (χ2v) is 7.14. The summed E-state index contributed by atoms with van der Waals surface area (Å²) in [6.45, 7) is 6.26. The normalized spacial score (nSPS) is 10.8. The van der Waals surface area contributed by atoms with Crippen LogP contribution in [0, 0.1) is 6.92 Å². The maximum absolute atomic E-state index is 12.0. The summed E-state index contributed by atoms with van der Waals surface area (Å²) in [5, 5.41) is 10.4. The molecule has 0 aliphatic carbocycles. The number of hydrogen-bond acceptors (Lipinski definition) is 4. The van der Waals surface area contributed by atoms with Crippen LogP contribution in [0.25, 0.3) is 0 Å². The molecule has 0 saturated heterocycles. The number of nitrogens with zero attached hydrogens (tertiary/aromatic N) is 2. The minimum absolute atomic E-state index is 0. The lowest BCUT2D eigenvalue weighted by molar-refractivity contribution is -0.119. The summed E-state index contributed by atoms with van der Waals surface area (Å²) in [4.78, 5) is 21.9. The van der Waals surface area contributed by atoms with Crippen LogP contribution in [0.2, 0.25) is 0 Å². The zero-order chi connectivity index (χ0) is 18.6. The van der Waals surface area contributed by atoms with E-state index in [1.54, 1.807) is 11.3 Å². The molecule has 0 spiro atoms. The molecule has 1 heterocycles. The third-order valence-electron chi connectivity index (χ3n) is 3.60. The molecule has 27 heavy (non-hydrogen) atoms. The van der Waals surface area contributed by atoms with E-state index in [9.17, 15) is 4.79 Å². The van der Waals surface area contributed by atoms with Gasteiger partial charge in [-0.25, -0.2) is 9.98 Å². The average molecular weight is 501 g/mol. The van der Waals surface area contributed by atoms with Gasteiger partial charge in [-0.2, -0.15) is 0 Å². The number of halogens is 1. The topological polar surface area (TPSA) is 78.4 Å². The first kappa shape index (κ1) is 23.4. The van der Waals surface area contributed by atoms with Gasteiger partial charge in [0.25, 0.3) is 0 Å². The van der Waals surface area contributed by atoms with Crippen LogP contribution in [0.3, 0.4) is 0 Å². The van der Waals surface area contributed by atoms with Crippen molar-refractivity contribution >= 4 is 47.2 Å². The molecule has 2 rings (SSSR count). The maximum Gasteiger partial charge on any atom is 0.241 e. The zero-order valence-electron chi connectivity index (χ0n) is 15.8. The fraction of sp³-hybridized carbons (Fsp3) is 0.421. The Balaban J connectivity index is 0.00000364. The first-order valence-corrected chi connectivity index (χ1v) is 9.73. The third kappa shape index (κ3) is 9.71. The number of benzene rings is 1. The molecule has 0 aliphatic rings. The van der Waals surface area contributed by atoms with Crippen LogP contribution in [-0.2, 0) is 17.6 Å². The Labute approximate surface area is 182 Å². The van der Waals surface area contributed by atoms with E-state index in [4.69, 9.17) is 0 Å². The monoisotopic (exact) mass is 501 g/mol. The van der Waals surface area contributed by atoms with Crippen molar-refractivity contribution in [3.63, 3.8) is 0 Å². The van der Waals surface area contributed by atoms with Crippen LogP contribution in [-0.4, -0.2) is 43.0 Å². The van der Waals surface area contributed by atoms with Crippen LogP contribution in [0.1, 0.15) is 22.4 Å². The lowest BCUT2D eigenvalue weighted by Gasteiger charge is -2.10. The van der Waals surface area contributed by atoms with Gasteiger partial charge >= 0.3 is 0 Å². The highest BCUT2D eigenvalue weighted by Crippen LogP contribution is 2.10. The lowest BCUT2D eigenvalue weighted by Crippen LogP contribution is -2.39. The molecular weight excluding hydrogens is 473 g/mol. The molecule has 0 aliphatic heterocycles. The van der Waals surface area contributed by atoms with Crippen molar-refractivity contribution in [2.45, 2.75) is 26.7 Å². The first-order chi connectivity index (χ1) is 12.7. The molecule has 3 N–H and O–H groups in total. The molecule has 6 nitrogen and oxygen atoms in total. The summed E-state index contributed by atoms with van der Waals surface area (Å²) < 4.78 is 0. The number of thiazole rings is 1. The van der Waals surface area contributed by atoms with Gasteiger partial charge in [0.1, 0.15) is 6.54 Å². The number of guanidine groups is 1. The zero-order valence-corrected chi connectivity index (χ0v) is 19.0. The highest BCUT2D eigenvalue weighted by Gasteiger charge is 2.03. The number of carbonyl (C=O) groups excluding carboxylic acids is 1. The van der Waals surface area contributed by atoms with Crippen LogP contribution >= 0.6 is 35.3 Å². The highest BCUT2D eigenvalue weighted by molar-refractivity contribution is 14.0. The van der Waals surface area contributed by atoms with E-state index < -0.39 is 0 Å². The van der Waals surface area contributed by atoms with Crippen molar-refractivity contribution in [1.29, 1.82) is 0 Å². The number of aryl methyl sites for hydroxylation is 1. The van der Waals surface area contributed by atoms with Gasteiger partial charge in [0.05, 0.1) is 5.01 Å². The number of carbonyl (C=O) groups is 1. The Hall–Kier alpha value is -1.68. The van der Waals surface area contributed by atoms with Gasteiger partial charge in [-0.15, -0.1) is 35.3 Å². The minimum atomic E-state index is -0.0753. The summed E-state index contributed by atoms with van der Waals surface area (Å²) in [7, 11) is 0. The summed E-state index contributed by atoms with van der Waals surface area (Å²) in [6.07, 6.45) is 3.55. The SMILES string of the molecule is CCNC(=NCC(=O)NCCc1ccccc1)NCCc1ncc(C)s1.I. The molecule has 1 amide bonds. The summed E-state index contributed by atoms with van der Waals surface area (Å²) in [5.41, 5.74) is 1.21. The fourth-order valence-corrected chi connectivity index (χ4v) is 3.13. The van der Waals surface area contributed by atoms with E-state index in [0.717, 1.165) is 30.9 Å². The third-order valence-corrected chi connectivity index (χ3v) is 4.58. The van der Waals surface area contributed by atoms with Gasteiger partial charge < -0.3 is 16.0 Å². The van der Waals surface area contributed by atoms with Crippen molar-refractivity contribution in [2.75, 3.05) is 26.2 Å². The Morgan fingerprint density at radius 1 is 1.11 bits per heavy atom. The Morgan fingerprint density at radius 2 is 1.85 bits per heavy atom. The van der Waals surface area contributed by atoms with Crippen molar-refractivity contribution < 1.29 is 4.79 Å². The highest BCUT2D eigenvalue weighted by atomic mass is 127. The molecule has 0 fully saturated rings. The molecule has 0 radical (unpaired) electrons. The van der Waals surface area contributed by atoms with E-state index in [1.807, 2.05) is 31.3 Å². The molecule has 0 saturated carbocycles. The number of aromatic nitrogens is 1. The largest absolute Gasteiger partial charge is 0.357 e. The van der Waals surface area contributed by atoms with Gasteiger partial charge in [0.15, 0.2) is 5.96 Å². The van der Waals surface area contributed by atoms with E-state index in [0.29, 0.717) is 12.5 Å². The predicted molar refractivity (Wildman–Crippen MR) is 123 cm³/mol. The standard InChI is InChI=1S/C19H27N5OS.HI/c1-3-20-19(22-12-10-18-23-13-15(2)26-18)24-14-17(25)21-11-9-16-7-5-4-6-8-16;/h4-8,13H,3,9-12,14H2,1-2H3,(H,21,25)(H2,20,22,24);1H. The van der Waals surface area contributed by atoms with Crippen molar-refractivity contribution in [2.24, 2.45) is 4.99 Å². The van der Waals surface area contributed by atoms with E-state index in [2.05, 4.69) is 45.0 Å². The quantitative estimate of drug-likeness (QED) is 0.281. The summed E-state index contributed by atoms with van der Waals surface area (Å²) in [6, 6.07) is 10.1. The number of aliphatic imine (C=N–C) groups is 1. The van der Waals surface area contributed by atoms with Crippen LogP contribution in [0.4, 0.5) is 0 Å². The molecule has 0 unspecified atom stereocenters. The molecule has 148 valence electrons. The second kappa shape index (κ2) is 13.5. The lowest BCUT2D eigenvalue weighted by atomic mass is 10.1. The van der Waals surface area contributed by atoms with Gasteiger partial charge in [-0.1, -0.05) is 30.3 Å². The molecule has 1 aromatic carbocycles. The minimum Gasteiger partial charge on any atom is -0.357 e. The van der Waals surface area contributed by atoms with E-state index in [1.165, 1.54) is 10.4 Å². The Morgan fingerprint density at radius 3 is 2.52 bits per heavy atom. The van der Waals surface area contributed by atoms with E-state index in [-0.39, 0.29) is 36.4 Å². The van der Waals surface area contributed by atoms with Gasteiger partial charge in [0.2, 0.25) is 5.91 Å². The Kier molecular flexibility index (Phi) is 11.7. The van der Waals surface area contributed by atoms with Gasteiger partial charge in [-0.05, 0) is 25.8 Å². The predicted octanol–water partition coefficient (Wildman–Crippen LogP) is 2.53. The Bertz CT molecular complexity index is 705. The molecular formula is C19H28IN5OS. The fourth-order valence-electron chi connectivity index (χ4n) is 2.34. The number of amides is 1. The average Bonchev–Trinajstić information content (AvgIpc) is 3.06. The van der Waals surface area contributed by atoms with Gasteiger partial charge in [-0.3, -0.25) is 4.79 Å². The van der Waals surface area contributed by atoms with E-state index >= 15 is 0 Å². The number of nitrogens with one attached hydrogen (secondary N) is 3. The molecule has 0 atom stereocenters. The molecule has 8 heteroatoms. The van der Waals surface area contributed by atoms with Crippen molar-refractivity contribution in [3.05, 3.63) is 52.0 Å². The summed E-state index contributed by atoms with van der Waals surface area (Å²) in [5.74, 6) is 0.577. The molecule has 1 aromatic heterocycles.